The highest BCUT2D eigenvalue weighted by atomic mass is 35.5. The normalized spacial score (nSPS) is 13.4. The van der Waals surface area contributed by atoms with Crippen molar-refractivity contribution in [3.8, 4) is 11.5 Å². The van der Waals surface area contributed by atoms with E-state index in [2.05, 4.69) is 54.4 Å². The predicted molar refractivity (Wildman–Crippen MR) is 273 cm³/mol. The van der Waals surface area contributed by atoms with Crippen LogP contribution < -0.4 is 10.6 Å². The lowest BCUT2D eigenvalue weighted by atomic mass is 10.0. The first kappa shape index (κ1) is 58.0. The van der Waals surface area contributed by atoms with Gasteiger partial charge in [0.2, 0.25) is 17.2 Å². The van der Waals surface area contributed by atoms with Gasteiger partial charge in [-0.25, -0.2) is 16.8 Å². The summed E-state index contributed by atoms with van der Waals surface area (Å²) in [4.78, 5) is 11.1. The highest BCUT2D eigenvalue weighted by Gasteiger charge is 2.26. The molecule has 8 N–H and O–H groups in total. The van der Waals surface area contributed by atoms with E-state index in [4.69, 9.17) is 29.1 Å². The second-order valence-corrected chi connectivity index (χ2v) is 23.1. The molecule has 7 aromatic rings. The van der Waals surface area contributed by atoms with Crippen molar-refractivity contribution in [2.24, 2.45) is 20.5 Å². The molecule has 77 heavy (non-hydrogen) atoms. The van der Waals surface area contributed by atoms with Crippen molar-refractivity contribution in [1.29, 1.82) is 0 Å². The van der Waals surface area contributed by atoms with Gasteiger partial charge in [-0.2, -0.15) is 58.9 Å². The number of rotatable bonds is 22. The number of benzene rings is 6. The van der Waals surface area contributed by atoms with Crippen LogP contribution >= 0.6 is 11.6 Å². The number of anilines is 4. The molecule has 2 atom stereocenters. The fourth-order valence-corrected chi connectivity index (χ4v) is 10.3. The molecule has 1 aromatic heterocycles. The molecule has 29 nitrogen and oxygen atoms in total. The van der Waals surface area contributed by atoms with Crippen LogP contribution in [0.5, 0.6) is 11.5 Å². The van der Waals surface area contributed by atoms with E-state index in [0.29, 0.717) is 11.1 Å². The summed E-state index contributed by atoms with van der Waals surface area (Å²) in [5.74, 6) is -2.19. The van der Waals surface area contributed by atoms with Gasteiger partial charge in [0.05, 0.1) is 59.0 Å². The van der Waals surface area contributed by atoms with Crippen LogP contribution in [-0.4, -0.2) is 112 Å². The lowest BCUT2D eigenvalue weighted by Gasteiger charge is -2.16. The van der Waals surface area contributed by atoms with Gasteiger partial charge in [-0.05, 0) is 120 Å². The Morgan fingerprint density at radius 2 is 0.896 bits per heavy atom. The Labute approximate surface area is 445 Å². The van der Waals surface area contributed by atoms with Crippen LogP contribution in [-0.2, 0) is 79.9 Å². The number of aromatic hydroxyl groups is 2. The highest BCUT2D eigenvalue weighted by Crippen LogP contribution is 2.47. The largest absolute Gasteiger partial charge is 0.505 e. The Balaban J connectivity index is 1.19. The van der Waals surface area contributed by atoms with Crippen molar-refractivity contribution in [3.63, 3.8) is 0 Å². The van der Waals surface area contributed by atoms with Crippen LogP contribution in [0.2, 0.25) is 5.28 Å². The lowest BCUT2D eigenvalue weighted by Crippen LogP contribution is -2.11. The van der Waals surface area contributed by atoms with Gasteiger partial charge in [-0.1, -0.05) is 12.1 Å². The van der Waals surface area contributed by atoms with E-state index >= 15 is 0 Å². The first-order valence-corrected chi connectivity index (χ1v) is 29.1. The van der Waals surface area contributed by atoms with Crippen LogP contribution in [0.3, 0.4) is 0 Å². The minimum atomic E-state index is -5.09. The fourth-order valence-electron chi connectivity index (χ4n) is 6.86. The molecular weight excluding hydrogens is 1170 g/mol. The summed E-state index contributed by atoms with van der Waals surface area (Å²) in [5, 5.41) is 44.5. The lowest BCUT2D eigenvalue weighted by molar-refractivity contribution is 0.211. The highest BCUT2D eigenvalue weighted by molar-refractivity contribution is 7.86. The van der Waals surface area contributed by atoms with Gasteiger partial charge in [0.25, 0.3) is 20.2 Å². The number of nitrogens with one attached hydrogen (secondary N) is 2. The summed E-state index contributed by atoms with van der Waals surface area (Å²) >= 11 is 2.11. The van der Waals surface area contributed by atoms with Crippen molar-refractivity contribution >= 4 is 142 Å². The number of nitrogens with zero attached hydrogens (tertiary/aromatic N) is 7. The minimum Gasteiger partial charge on any atom is -0.505 e. The number of aryl methyl sites for hydroxylation is 2. The van der Waals surface area contributed by atoms with Crippen molar-refractivity contribution in [3.05, 3.63) is 101 Å². The Bertz CT molecular complexity index is 3790. The summed E-state index contributed by atoms with van der Waals surface area (Å²) in [5.41, 5.74) is -0.347. The number of phenolic OH excluding ortho intramolecular Hbond substituents is 2. The molecule has 0 saturated carbocycles. The first-order chi connectivity index (χ1) is 36.0. The molecule has 2 unspecified atom stereocenters. The number of halogens is 1. The Morgan fingerprint density at radius 1 is 0.532 bits per heavy atom. The van der Waals surface area contributed by atoms with E-state index < -0.39 is 128 Å². The SMILES string of the molecule is Cc1cc(Nc2nc(Cl)nc(Nc3cc(C)cc4cc(S(=O)(=O)O)c(N=Nc5ccc(S(=O)OCCOS(=O)(=O)O)cc5)c(O)c34)n2)c2c(O)c(N=Nc3ccc(S(=O)OCCOS(=O)(=O)O)cc3)c(S(=O)(=O)O)cc2c1. The van der Waals surface area contributed by atoms with E-state index in [1.54, 1.807) is 13.8 Å². The van der Waals surface area contributed by atoms with E-state index in [1.807, 2.05) is 0 Å². The quantitative estimate of drug-likeness (QED) is 0.0186. The average molecular weight is 1200 g/mol. The zero-order valence-corrected chi connectivity index (χ0v) is 44.4. The third kappa shape index (κ3) is 15.3. The van der Waals surface area contributed by atoms with Gasteiger partial charge in [-0.3, -0.25) is 26.6 Å². The monoisotopic (exact) mass is 1200 g/mol. The number of hydrogen-bond acceptors (Lipinski definition) is 25. The van der Waals surface area contributed by atoms with E-state index in [9.17, 15) is 61.4 Å². The molecule has 7 rings (SSSR count). The Hall–Kier alpha value is -6.68. The summed E-state index contributed by atoms with van der Waals surface area (Å²) in [7, 11) is -19.7. The molecule has 0 amide bonds. The molecule has 0 aliphatic heterocycles. The summed E-state index contributed by atoms with van der Waals surface area (Å²) in [6, 6.07) is 18.2. The standard InChI is InChI=1S/C41H36ClN9O20S6/c1-21-15-23-19-31(74(56,57)58)35(50-48-25-3-7-27(8-4-25)72(54)68-11-13-70-76(62,63)64)37(52)33(23)29(17-21)43-40-45-39(42)46-41(47-40)44-30-18-22(2)16-24-20-32(75(59,60)61)36(38(53)34(24)30)51-49-26-5-9-28(10-6-26)73(55)69-12-14-71-77(65,66)67/h3-10,15-20,52-53H,11-14H2,1-2H3,(H,56,57,58)(H,59,60,61)(H,62,63,64)(H,65,66,67)(H2,43,44,45,46,47). The fraction of sp³-hybridized carbons (Fsp3) is 0.146. The van der Waals surface area contributed by atoms with Crippen molar-refractivity contribution in [1.82, 2.24) is 15.0 Å². The van der Waals surface area contributed by atoms with Gasteiger partial charge in [-0.15, -0.1) is 10.2 Å². The zero-order chi connectivity index (χ0) is 56.2. The Kier molecular flexibility index (Phi) is 17.7. The number of azo groups is 2. The van der Waals surface area contributed by atoms with Gasteiger partial charge < -0.3 is 20.8 Å². The molecule has 408 valence electrons. The van der Waals surface area contributed by atoms with Gasteiger partial charge >= 0.3 is 20.8 Å². The van der Waals surface area contributed by atoms with Crippen molar-refractivity contribution in [2.45, 2.75) is 33.4 Å². The van der Waals surface area contributed by atoms with Crippen LogP contribution in [0.15, 0.2) is 125 Å². The molecule has 1 heterocycles. The molecule has 0 bridgehead atoms. The Morgan fingerprint density at radius 3 is 1.23 bits per heavy atom. The summed E-state index contributed by atoms with van der Waals surface area (Å²) in [6.45, 7) is 1.01. The topological polar surface area (TPSA) is 441 Å². The number of fused-ring (bicyclic) bond motifs is 2. The van der Waals surface area contributed by atoms with Crippen LogP contribution in [0.25, 0.3) is 21.5 Å². The van der Waals surface area contributed by atoms with Gasteiger partial charge in [0, 0.05) is 10.8 Å². The smallest absolute Gasteiger partial charge is 0.397 e. The van der Waals surface area contributed by atoms with E-state index in [0.717, 1.165) is 12.1 Å². The molecule has 0 spiro atoms. The van der Waals surface area contributed by atoms with Crippen molar-refractivity contribution in [2.75, 3.05) is 37.1 Å². The molecule has 0 aliphatic carbocycles. The van der Waals surface area contributed by atoms with Crippen LogP contribution in [0.4, 0.5) is 46.0 Å². The zero-order valence-electron chi connectivity index (χ0n) is 38.8. The maximum atomic E-state index is 12.7. The average Bonchev–Trinajstić information content (AvgIpc) is 3.32. The number of aromatic nitrogens is 3. The summed E-state index contributed by atoms with van der Waals surface area (Å²) in [6.07, 6.45) is 0. The summed E-state index contributed by atoms with van der Waals surface area (Å²) < 4.78 is 174. The first-order valence-electron chi connectivity index (χ1n) is 20.9. The number of phenols is 2. The third-order valence-electron chi connectivity index (χ3n) is 9.85. The maximum absolute atomic E-state index is 12.7. The van der Waals surface area contributed by atoms with E-state index in [-0.39, 0.29) is 66.0 Å². The van der Waals surface area contributed by atoms with Gasteiger partial charge in [0.1, 0.15) is 21.2 Å². The van der Waals surface area contributed by atoms with Crippen LogP contribution in [0.1, 0.15) is 11.1 Å². The van der Waals surface area contributed by atoms with Gasteiger partial charge in [0.15, 0.2) is 33.7 Å². The molecule has 0 saturated heterocycles. The molecule has 36 heteroatoms. The molecule has 6 aromatic carbocycles. The minimum absolute atomic E-state index is 0.0255. The maximum Gasteiger partial charge on any atom is 0.397 e. The van der Waals surface area contributed by atoms with Crippen LogP contribution in [0, 0.1) is 13.8 Å². The number of hydrogen-bond donors (Lipinski definition) is 8. The molecule has 0 radical (unpaired) electrons. The third-order valence-corrected chi connectivity index (χ3v) is 14.8. The van der Waals surface area contributed by atoms with E-state index in [1.165, 1.54) is 72.8 Å². The predicted octanol–water partition coefficient (Wildman–Crippen LogP) is 7.39. The van der Waals surface area contributed by atoms with Crippen molar-refractivity contribution < 1.29 is 87.2 Å². The molecule has 0 aliphatic rings. The second-order valence-electron chi connectivity index (χ2n) is 15.4. The second kappa shape index (κ2) is 23.5. The molecule has 0 fully saturated rings. The molecular formula is C41H36ClN9O20S6.